The highest BCUT2D eigenvalue weighted by Gasteiger charge is 2.21. The highest BCUT2D eigenvalue weighted by atomic mass is 79.9. The summed E-state index contributed by atoms with van der Waals surface area (Å²) < 4.78 is 16.0. The fourth-order valence-corrected chi connectivity index (χ4v) is 4.74. The molecule has 0 aliphatic carbocycles. The van der Waals surface area contributed by atoms with E-state index in [1.165, 1.54) is 0 Å². The number of hydrogen-bond acceptors (Lipinski definition) is 3. The summed E-state index contributed by atoms with van der Waals surface area (Å²) in [5.74, 6) is 0.211. The molecule has 1 atom stereocenters. The SMILES string of the molecule is CC.Cc1ccc(S(=O)n2c(C)c(-c3ccc(O)cc3)c3cc(Br)cnc32)cc1. The maximum absolute atomic E-state index is 13.4. The lowest BCUT2D eigenvalue weighted by molar-refractivity contribution is 0.475. The summed E-state index contributed by atoms with van der Waals surface area (Å²) >= 11 is 3.49. The largest absolute Gasteiger partial charge is 0.508 e. The highest BCUT2D eigenvalue weighted by Crippen LogP contribution is 2.36. The van der Waals surface area contributed by atoms with Crippen LogP contribution in [0.5, 0.6) is 5.75 Å². The van der Waals surface area contributed by atoms with E-state index in [-0.39, 0.29) is 5.75 Å². The molecular formula is C23H23BrN2O2S. The van der Waals surface area contributed by atoms with Gasteiger partial charge in [-0.3, -0.25) is 0 Å². The van der Waals surface area contributed by atoms with Gasteiger partial charge in [-0.2, -0.15) is 0 Å². The van der Waals surface area contributed by atoms with Crippen LogP contribution < -0.4 is 0 Å². The number of fused-ring (bicyclic) bond motifs is 1. The highest BCUT2D eigenvalue weighted by molar-refractivity contribution is 9.10. The van der Waals surface area contributed by atoms with E-state index >= 15 is 0 Å². The number of nitrogens with zero attached hydrogens (tertiary/aromatic N) is 2. The zero-order chi connectivity index (χ0) is 21.1. The lowest BCUT2D eigenvalue weighted by Gasteiger charge is -2.08. The molecule has 0 amide bonds. The van der Waals surface area contributed by atoms with Gasteiger partial charge in [0.25, 0.3) is 0 Å². The molecule has 2 aromatic carbocycles. The number of aromatic hydroxyl groups is 1. The Hall–Kier alpha value is -2.44. The third kappa shape index (κ3) is 4.14. The van der Waals surface area contributed by atoms with Crippen LogP contribution in [0.1, 0.15) is 25.1 Å². The molecular weight excluding hydrogens is 448 g/mol. The van der Waals surface area contributed by atoms with Crippen LogP contribution in [0.3, 0.4) is 0 Å². The topological polar surface area (TPSA) is 55.1 Å². The minimum Gasteiger partial charge on any atom is -0.508 e. The van der Waals surface area contributed by atoms with Gasteiger partial charge in [-0.25, -0.2) is 13.2 Å². The average molecular weight is 471 g/mol. The van der Waals surface area contributed by atoms with E-state index in [1.807, 2.05) is 70.2 Å². The fourth-order valence-electron chi connectivity index (χ4n) is 3.19. The number of pyridine rings is 1. The van der Waals surface area contributed by atoms with E-state index in [0.717, 1.165) is 37.1 Å². The standard InChI is InChI=1S/C21H17BrN2O2S.C2H6/c1-13-3-9-18(10-4-13)27(26)24-14(2)20(15-5-7-17(25)8-6-15)19-11-16(22)12-23-21(19)24;1-2/h3-12,25H,1-2H3;1-2H3. The quantitative estimate of drug-likeness (QED) is 0.377. The predicted molar refractivity (Wildman–Crippen MR) is 124 cm³/mol. The smallest absolute Gasteiger partial charge is 0.158 e. The molecule has 4 aromatic rings. The van der Waals surface area contributed by atoms with Gasteiger partial charge in [0, 0.05) is 27.3 Å². The Morgan fingerprint density at radius 1 is 1.00 bits per heavy atom. The van der Waals surface area contributed by atoms with Crippen molar-refractivity contribution in [1.82, 2.24) is 8.96 Å². The third-order valence-electron chi connectivity index (χ3n) is 4.51. The van der Waals surface area contributed by atoms with E-state index in [0.29, 0.717) is 5.65 Å². The van der Waals surface area contributed by atoms with Crippen LogP contribution in [-0.4, -0.2) is 18.3 Å². The van der Waals surface area contributed by atoms with Gasteiger partial charge in [-0.15, -0.1) is 0 Å². The van der Waals surface area contributed by atoms with Crippen LogP contribution in [0.25, 0.3) is 22.2 Å². The van der Waals surface area contributed by atoms with E-state index in [9.17, 15) is 9.32 Å². The summed E-state index contributed by atoms with van der Waals surface area (Å²) in [5.41, 5.74) is 4.55. The van der Waals surface area contributed by atoms with Crippen molar-refractivity contribution >= 4 is 37.9 Å². The summed E-state index contributed by atoms with van der Waals surface area (Å²) in [6.45, 7) is 7.95. The molecule has 0 aliphatic rings. The van der Waals surface area contributed by atoms with Gasteiger partial charge in [0.15, 0.2) is 16.6 Å². The van der Waals surface area contributed by atoms with Crippen molar-refractivity contribution in [2.45, 2.75) is 32.6 Å². The number of benzene rings is 2. The Morgan fingerprint density at radius 2 is 1.62 bits per heavy atom. The van der Waals surface area contributed by atoms with Crippen LogP contribution in [0, 0.1) is 13.8 Å². The van der Waals surface area contributed by atoms with Gasteiger partial charge < -0.3 is 5.11 Å². The minimum absolute atomic E-state index is 0.211. The van der Waals surface area contributed by atoms with Crippen LogP contribution in [-0.2, 0) is 11.0 Å². The molecule has 1 N–H and O–H groups in total. The summed E-state index contributed by atoms with van der Waals surface area (Å²) in [6.07, 6.45) is 1.71. The Morgan fingerprint density at radius 3 is 2.24 bits per heavy atom. The number of phenols is 1. The second-order valence-corrected chi connectivity index (χ2v) is 8.64. The molecule has 0 aliphatic heterocycles. The van der Waals surface area contributed by atoms with Crippen molar-refractivity contribution in [3.05, 3.63) is 76.5 Å². The van der Waals surface area contributed by atoms with Crippen LogP contribution in [0.15, 0.2) is 70.2 Å². The summed E-state index contributed by atoms with van der Waals surface area (Å²) in [5, 5.41) is 10.5. The number of hydrogen-bond donors (Lipinski definition) is 1. The molecule has 0 saturated heterocycles. The molecule has 1 unspecified atom stereocenters. The summed E-state index contributed by atoms with van der Waals surface area (Å²) in [4.78, 5) is 5.27. The molecule has 29 heavy (non-hydrogen) atoms. The van der Waals surface area contributed by atoms with Crippen LogP contribution in [0.2, 0.25) is 0 Å². The first kappa shape index (κ1) is 21.3. The van der Waals surface area contributed by atoms with Crippen LogP contribution >= 0.6 is 15.9 Å². The van der Waals surface area contributed by atoms with Gasteiger partial charge in [0.1, 0.15) is 5.75 Å². The molecule has 2 heterocycles. The van der Waals surface area contributed by atoms with Crippen molar-refractivity contribution in [1.29, 1.82) is 0 Å². The molecule has 0 bridgehead atoms. The van der Waals surface area contributed by atoms with E-state index in [4.69, 9.17) is 0 Å². The zero-order valence-electron chi connectivity index (χ0n) is 16.8. The minimum atomic E-state index is -1.42. The first-order chi connectivity index (χ1) is 14.0. The molecule has 0 radical (unpaired) electrons. The summed E-state index contributed by atoms with van der Waals surface area (Å²) in [6, 6.07) is 16.7. The lowest BCUT2D eigenvalue weighted by Crippen LogP contribution is -2.07. The maximum atomic E-state index is 13.4. The van der Waals surface area contributed by atoms with Crippen molar-refractivity contribution in [3.8, 4) is 16.9 Å². The average Bonchev–Trinajstić information content (AvgIpc) is 3.01. The first-order valence-electron chi connectivity index (χ1n) is 9.40. The monoisotopic (exact) mass is 470 g/mol. The maximum Gasteiger partial charge on any atom is 0.158 e. The molecule has 2 aromatic heterocycles. The molecule has 0 saturated carbocycles. The van der Waals surface area contributed by atoms with E-state index < -0.39 is 11.0 Å². The van der Waals surface area contributed by atoms with Crippen molar-refractivity contribution in [3.63, 3.8) is 0 Å². The molecule has 150 valence electrons. The van der Waals surface area contributed by atoms with Crippen molar-refractivity contribution < 1.29 is 9.32 Å². The normalized spacial score (nSPS) is 11.8. The Labute approximate surface area is 182 Å². The summed E-state index contributed by atoms with van der Waals surface area (Å²) in [7, 11) is -1.42. The number of rotatable bonds is 3. The lowest BCUT2D eigenvalue weighted by atomic mass is 10.0. The number of aryl methyl sites for hydroxylation is 1. The third-order valence-corrected chi connectivity index (χ3v) is 6.39. The number of halogens is 1. The van der Waals surface area contributed by atoms with Crippen molar-refractivity contribution in [2.24, 2.45) is 0 Å². The molecule has 6 heteroatoms. The van der Waals surface area contributed by atoms with Crippen LogP contribution in [0.4, 0.5) is 0 Å². The van der Waals surface area contributed by atoms with Gasteiger partial charge in [0.05, 0.1) is 4.90 Å². The Balaban J connectivity index is 0.00000117. The Bertz CT molecular complexity index is 1170. The second-order valence-electron chi connectivity index (χ2n) is 6.39. The second kappa shape index (κ2) is 8.93. The first-order valence-corrected chi connectivity index (χ1v) is 11.3. The number of aromatic nitrogens is 2. The molecule has 0 spiro atoms. The molecule has 0 fully saturated rings. The van der Waals surface area contributed by atoms with E-state index in [2.05, 4.69) is 20.9 Å². The van der Waals surface area contributed by atoms with Gasteiger partial charge in [-0.05, 0) is 65.7 Å². The van der Waals surface area contributed by atoms with E-state index in [1.54, 1.807) is 22.3 Å². The number of phenolic OH excluding ortho intramolecular Hbond substituents is 1. The van der Waals surface area contributed by atoms with Gasteiger partial charge in [-0.1, -0.05) is 43.7 Å². The van der Waals surface area contributed by atoms with Gasteiger partial charge >= 0.3 is 0 Å². The molecule has 4 nitrogen and oxygen atoms in total. The van der Waals surface area contributed by atoms with Gasteiger partial charge in [0.2, 0.25) is 0 Å². The zero-order valence-corrected chi connectivity index (χ0v) is 19.2. The fraction of sp³-hybridized carbons (Fsp3) is 0.174. The Kier molecular flexibility index (Phi) is 6.55. The molecule has 4 rings (SSSR count). The predicted octanol–water partition coefficient (Wildman–Crippen LogP) is 6.39. The van der Waals surface area contributed by atoms with Crippen molar-refractivity contribution in [2.75, 3.05) is 0 Å².